The summed E-state index contributed by atoms with van der Waals surface area (Å²) in [6, 6.07) is 20.0. The number of fused-ring (bicyclic) bond motifs is 1. The van der Waals surface area contributed by atoms with E-state index in [0.29, 0.717) is 27.4 Å². The maximum atomic E-state index is 13.1. The Morgan fingerprint density at radius 3 is 2.03 bits per heavy atom. The van der Waals surface area contributed by atoms with E-state index >= 15 is 0 Å². The van der Waals surface area contributed by atoms with E-state index in [9.17, 15) is 14.4 Å². The van der Waals surface area contributed by atoms with Gasteiger partial charge >= 0.3 is 11.8 Å². The summed E-state index contributed by atoms with van der Waals surface area (Å²) < 4.78 is 6.61. The van der Waals surface area contributed by atoms with Crippen LogP contribution in [0.1, 0.15) is 10.5 Å². The van der Waals surface area contributed by atoms with E-state index in [1.54, 1.807) is 72.8 Å². The summed E-state index contributed by atoms with van der Waals surface area (Å²) in [6.07, 6.45) is 0. The third-order valence-corrected chi connectivity index (χ3v) is 5.56. The second-order valence-electron chi connectivity index (χ2n) is 7.07. The van der Waals surface area contributed by atoms with Crippen LogP contribution in [-0.4, -0.2) is 29.5 Å². The van der Waals surface area contributed by atoms with E-state index in [1.165, 1.54) is 11.8 Å². The van der Waals surface area contributed by atoms with Crippen molar-refractivity contribution in [1.82, 2.24) is 4.68 Å². The molecule has 0 aliphatic rings. The fourth-order valence-corrected chi connectivity index (χ4v) is 3.68. The van der Waals surface area contributed by atoms with E-state index in [4.69, 9.17) is 27.9 Å². The van der Waals surface area contributed by atoms with Crippen LogP contribution in [0.3, 0.4) is 0 Å². The third-order valence-electron chi connectivity index (χ3n) is 4.90. The van der Waals surface area contributed by atoms with Crippen molar-refractivity contribution in [3.8, 4) is 5.75 Å². The van der Waals surface area contributed by atoms with E-state index in [2.05, 4.69) is 16.1 Å². The van der Waals surface area contributed by atoms with Crippen LogP contribution in [0.4, 0.5) is 11.4 Å². The van der Waals surface area contributed by atoms with Crippen molar-refractivity contribution < 1.29 is 19.1 Å². The zero-order chi connectivity index (χ0) is 24.2. The molecular weight excluding hydrogens is 479 g/mol. The van der Waals surface area contributed by atoms with Gasteiger partial charge in [-0.2, -0.15) is 0 Å². The van der Waals surface area contributed by atoms with Gasteiger partial charge in [0.25, 0.3) is 5.91 Å². The van der Waals surface area contributed by atoms with Crippen molar-refractivity contribution in [3.05, 3.63) is 88.5 Å². The Labute approximate surface area is 204 Å². The molecule has 8 nitrogen and oxygen atoms in total. The highest BCUT2D eigenvalue weighted by atomic mass is 35.5. The number of nitrogens with zero attached hydrogens (tertiary/aromatic N) is 1. The molecule has 0 aliphatic carbocycles. The number of hydrogen-bond acceptors (Lipinski definition) is 4. The van der Waals surface area contributed by atoms with Gasteiger partial charge in [-0.3, -0.25) is 19.8 Å². The van der Waals surface area contributed by atoms with Gasteiger partial charge < -0.3 is 15.4 Å². The zero-order valence-electron chi connectivity index (χ0n) is 17.8. The smallest absolute Gasteiger partial charge is 0.328 e. The van der Waals surface area contributed by atoms with Crippen molar-refractivity contribution in [1.29, 1.82) is 0 Å². The number of para-hydroxylation sites is 3. The monoisotopic (exact) mass is 496 g/mol. The summed E-state index contributed by atoms with van der Waals surface area (Å²) in [5.74, 6) is -2.16. The largest absolute Gasteiger partial charge is 0.494 e. The Morgan fingerprint density at radius 2 is 1.41 bits per heavy atom. The number of amides is 3. The Morgan fingerprint density at radius 1 is 0.794 bits per heavy atom. The number of carbonyl (C=O) groups excluding carboxylic acids is 3. The molecule has 3 N–H and O–H groups in total. The number of nitrogens with one attached hydrogen (secondary N) is 3. The number of anilines is 2. The number of carbonyl (C=O) groups is 3. The average molecular weight is 497 g/mol. The minimum atomic E-state index is -1.02. The molecule has 0 aliphatic heterocycles. The molecule has 0 spiro atoms. The van der Waals surface area contributed by atoms with Gasteiger partial charge in [-0.1, -0.05) is 59.6 Å². The van der Waals surface area contributed by atoms with E-state index in [-0.39, 0.29) is 16.4 Å². The van der Waals surface area contributed by atoms with Crippen molar-refractivity contribution in [2.75, 3.05) is 23.2 Å². The molecule has 0 fully saturated rings. The van der Waals surface area contributed by atoms with Gasteiger partial charge in [-0.15, -0.1) is 0 Å². The highest BCUT2D eigenvalue weighted by Gasteiger charge is 2.23. The minimum absolute atomic E-state index is 0.0540. The number of methoxy groups -OCH3 is 1. The maximum Gasteiger partial charge on any atom is 0.328 e. The highest BCUT2D eigenvalue weighted by Crippen LogP contribution is 2.29. The van der Waals surface area contributed by atoms with Crippen LogP contribution in [0.5, 0.6) is 5.75 Å². The van der Waals surface area contributed by atoms with E-state index < -0.39 is 17.7 Å². The van der Waals surface area contributed by atoms with Crippen LogP contribution in [0.15, 0.2) is 72.8 Å². The van der Waals surface area contributed by atoms with Crippen molar-refractivity contribution in [3.63, 3.8) is 0 Å². The highest BCUT2D eigenvalue weighted by molar-refractivity contribution is 6.44. The summed E-state index contributed by atoms with van der Waals surface area (Å²) in [6.45, 7) is 0. The zero-order valence-corrected chi connectivity index (χ0v) is 19.3. The maximum absolute atomic E-state index is 13.1. The van der Waals surface area contributed by atoms with Crippen LogP contribution in [0, 0.1) is 0 Å². The van der Waals surface area contributed by atoms with Crippen molar-refractivity contribution in [2.45, 2.75) is 0 Å². The predicted molar refractivity (Wildman–Crippen MR) is 132 cm³/mol. The topological polar surface area (TPSA) is 101 Å². The van der Waals surface area contributed by atoms with Gasteiger partial charge in [-0.05, 0) is 36.4 Å². The first-order valence-corrected chi connectivity index (χ1v) is 10.8. The minimum Gasteiger partial charge on any atom is -0.494 e. The second-order valence-corrected chi connectivity index (χ2v) is 7.89. The summed E-state index contributed by atoms with van der Waals surface area (Å²) >= 11 is 12.2. The Bertz CT molecular complexity index is 1420. The van der Waals surface area contributed by atoms with Gasteiger partial charge in [0.2, 0.25) is 0 Å². The number of aromatic nitrogens is 1. The quantitative estimate of drug-likeness (QED) is 0.341. The van der Waals surface area contributed by atoms with Gasteiger partial charge in [0, 0.05) is 5.39 Å². The molecule has 3 aromatic carbocycles. The first-order chi connectivity index (χ1) is 16.4. The molecule has 0 unspecified atom stereocenters. The summed E-state index contributed by atoms with van der Waals surface area (Å²) in [7, 11) is 1.46. The number of ether oxygens (including phenoxy) is 1. The lowest BCUT2D eigenvalue weighted by molar-refractivity contribution is -0.133. The molecule has 0 saturated carbocycles. The molecule has 0 radical (unpaired) electrons. The molecule has 4 aromatic rings. The molecule has 0 bridgehead atoms. The normalized spacial score (nSPS) is 10.6. The number of benzene rings is 3. The summed E-state index contributed by atoms with van der Waals surface area (Å²) in [5.41, 5.74) is 3.59. The van der Waals surface area contributed by atoms with Gasteiger partial charge in [-0.25, -0.2) is 4.68 Å². The first kappa shape index (κ1) is 23.2. The lowest BCUT2D eigenvalue weighted by atomic mass is 10.2. The van der Waals surface area contributed by atoms with Crippen molar-refractivity contribution in [2.24, 2.45) is 0 Å². The molecule has 3 amide bonds. The molecule has 172 valence electrons. The van der Waals surface area contributed by atoms with Crippen LogP contribution >= 0.6 is 23.2 Å². The van der Waals surface area contributed by atoms with E-state index in [1.807, 2.05) is 0 Å². The fourth-order valence-electron chi connectivity index (χ4n) is 3.32. The first-order valence-electron chi connectivity index (χ1n) is 10.00. The number of halogens is 2. The molecule has 10 heteroatoms. The lowest BCUT2D eigenvalue weighted by Gasteiger charge is -2.14. The molecule has 0 atom stereocenters. The van der Waals surface area contributed by atoms with Crippen LogP contribution in [0.2, 0.25) is 10.0 Å². The third kappa shape index (κ3) is 4.68. The van der Waals surface area contributed by atoms with Crippen LogP contribution in [0.25, 0.3) is 10.9 Å². The molecule has 34 heavy (non-hydrogen) atoms. The van der Waals surface area contributed by atoms with Gasteiger partial charge in [0.05, 0.1) is 28.5 Å². The molecule has 0 saturated heterocycles. The standard InChI is InChI=1S/C24H18Cl2N4O4/c1-34-20-12-6-7-14-13-19(22(31)27-17-10-4-2-8-15(17)25)30(21(14)20)29-24(33)23(32)28-18-11-5-3-9-16(18)26/h2-13H,1H3,(H,27,31)(H,28,32)(H,29,33). The van der Waals surface area contributed by atoms with Crippen molar-refractivity contribution >= 4 is 63.2 Å². The molecular formula is C24H18Cl2N4O4. The Hall–Kier alpha value is -4.01. The lowest BCUT2D eigenvalue weighted by Crippen LogP contribution is -2.36. The Kier molecular flexibility index (Phi) is 6.72. The Balaban J connectivity index is 1.69. The average Bonchev–Trinajstić information content (AvgIpc) is 3.20. The number of rotatable bonds is 5. The molecule has 4 rings (SSSR count). The van der Waals surface area contributed by atoms with Gasteiger partial charge in [0.15, 0.2) is 0 Å². The van der Waals surface area contributed by atoms with Crippen LogP contribution < -0.4 is 20.8 Å². The predicted octanol–water partition coefficient (Wildman–Crippen LogP) is 4.92. The summed E-state index contributed by atoms with van der Waals surface area (Å²) in [4.78, 5) is 38.5. The molecule has 1 heterocycles. The summed E-state index contributed by atoms with van der Waals surface area (Å²) in [5, 5.41) is 6.39. The van der Waals surface area contributed by atoms with Gasteiger partial charge in [0.1, 0.15) is 17.0 Å². The fraction of sp³-hybridized carbons (Fsp3) is 0.0417. The SMILES string of the molecule is COc1cccc2cc(C(=O)Nc3ccccc3Cl)n(NC(=O)C(=O)Nc3ccccc3Cl)c12. The van der Waals surface area contributed by atoms with Crippen LogP contribution in [-0.2, 0) is 9.59 Å². The van der Waals surface area contributed by atoms with E-state index in [0.717, 1.165) is 0 Å². The number of hydrogen-bond donors (Lipinski definition) is 3. The molecule has 1 aromatic heterocycles. The second kappa shape index (κ2) is 9.86.